The van der Waals surface area contributed by atoms with Crippen molar-refractivity contribution < 1.29 is 14.1 Å². The van der Waals surface area contributed by atoms with Crippen molar-refractivity contribution in [2.75, 3.05) is 7.11 Å². The van der Waals surface area contributed by atoms with Crippen LogP contribution in [0, 0.1) is 6.92 Å². The van der Waals surface area contributed by atoms with Crippen LogP contribution in [0.2, 0.25) is 0 Å². The van der Waals surface area contributed by atoms with Gasteiger partial charge >= 0.3 is 5.97 Å². The van der Waals surface area contributed by atoms with Crippen LogP contribution in [0.3, 0.4) is 0 Å². The highest BCUT2D eigenvalue weighted by Gasteiger charge is 2.10. The van der Waals surface area contributed by atoms with E-state index in [1.165, 1.54) is 7.11 Å². The van der Waals surface area contributed by atoms with E-state index in [9.17, 15) is 4.79 Å². The Morgan fingerprint density at radius 3 is 2.65 bits per heavy atom. The van der Waals surface area contributed by atoms with Crippen molar-refractivity contribution in [3.05, 3.63) is 71.0 Å². The Labute approximate surface area is 133 Å². The number of esters is 1. The molecular formula is C18H16N2O3. The summed E-state index contributed by atoms with van der Waals surface area (Å²) in [5.74, 6) is 0.764. The molecule has 0 atom stereocenters. The van der Waals surface area contributed by atoms with Gasteiger partial charge < -0.3 is 9.26 Å². The second-order valence-electron chi connectivity index (χ2n) is 5.25. The van der Waals surface area contributed by atoms with Crippen LogP contribution in [0.4, 0.5) is 0 Å². The minimum atomic E-state index is -0.349. The largest absolute Gasteiger partial charge is 0.465 e. The highest BCUT2D eigenvalue weighted by atomic mass is 16.5. The zero-order valence-corrected chi connectivity index (χ0v) is 12.9. The summed E-state index contributed by atoms with van der Waals surface area (Å²) in [6.07, 6.45) is 0.538. The molecular weight excluding hydrogens is 292 g/mol. The van der Waals surface area contributed by atoms with Crippen molar-refractivity contribution in [2.24, 2.45) is 0 Å². The Morgan fingerprint density at radius 2 is 1.96 bits per heavy atom. The summed E-state index contributed by atoms with van der Waals surface area (Å²) in [6, 6.07) is 15.1. The molecule has 0 bridgehead atoms. The maximum absolute atomic E-state index is 11.4. The second kappa shape index (κ2) is 6.44. The summed E-state index contributed by atoms with van der Waals surface area (Å²) in [6.45, 7) is 2.02. The number of hydrogen-bond acceptors (Lipinski definition) is 5. The van der Waals surface area contributed by atoms with E-state index in [-0.39, 0.29) is 5.97 Å². The van der Waals surface area contributed by atoms with Crippen LogP contribution >= 0.6 is 0 Å². The minimum Gasteiger partial charge on any atom is -0.465 e. The van der Waals surface area contributed by atoms with Gasteiger partial charge in [-0.1, -0.05) is 35.0 Å². The summed E-state index contributed by atoms with van der Waals surface area (Å²) in [5.41, 5.74) is 3.56. The molecule has 0 fully saturated rings. The molecule has 23 heavy (non-hydrogen) atoms. The number of nitrogens with zero attached hydrogens (tertiary/aromatic N) is 2. The van der Waals surface area contributed by atoms with E-state index in [1.807, 2.05) is 43.3 Å². The molecule has 5 heteroatoms. The lowest BCUT2D eigenvalue weighted by molar-refractivity contribution is 0.0600. The molecule has 1 aromatic heterocycles. The normalized spacial score (nSPS) is 10.5. The molecule has 3 aromatic rings. The van der Waals surface area contributed by atoms with Gasteiger partial charge in [-0.15, -0.1) is 0 Å². The van der Waals surface area contributed by atoms with Gasteiger partial charge in [0, 0.05) is 12.0 Å². The summed E-state index contributed by atoms with van der Waals surface area (Å²) in [7, 11) is 1.36. The fourth-order valence-corrected chi connectivity index (χ4v) is 2.28. The summed E-state index contributed by atoms with van der Waals surface area (Å²) in [4.78, 5) is 15.8. The number of ether oxygens (including phenoxy) is 1. The van der Waals surface area contributed by atoms with Gasteiger partial charge in [-0.25, -0.2) is 4.79 Å². The van der Waals surface area contributed by atoms with E-state index in [1.54, 1.807) is 12.1 Å². The molecule has 2 aromatic carbocycles. The summed E-state index contributed by atoms with van der Waals surface area (Å²) >= 11 is 0. The lowest BCUT2D eigenvalue weighted by Gasteiger charge is -2.00. The topological polar surface area (TPSA) is 65.2 Å². The first kappa shape index (κ1) is 15.0. The molecule has 0 aliphatic heterocycles. The quantitative estimate of drug-likeness (QED) is 0.691. The Balaban J connectivity index is 1.75. The summed E-state index contributed by atoms with van der Waals surface area (Å²) < 4.78 is 10.00. The SMILES string of the molecule is COC(=O)c1ccc(Cc2noc(-c3cccc(C)c3)n2)cc1. The van der Waals surface area contributed by atoms with Crippen molar-refractivity contribution in [3.8, 4) is 11.5 Å². The number of carbonyl (C=O) groups is 1. The van der Waals surface area contributed by atoms with E-state index in [4.69, 9.17) is 4.52 Å². The predicted octanol–water partition coefficient (Wildman–Crippen LogP) is 3.42. The lowest BCUT2D eigenvalue weighted by atomic mass is 10.1. The highest BCUT2D eigenvalue weighted by Crippen LogP contribution is 2.19. The van der Waals surface area contributed by atoms with Crippen molar-refractivity contribution in [3.63, 3.8) is 0 Å². The molecule has 3 rings (SSSR count). The number of carbonyl (C=O) groups excluding carboxylic acids is 1. The van der Waals surface area contributed by atoms with Crippen molar-refractivity contribution in [1.82, 2.24) is 10.1 Å². The van der Waals surface area contributed by atoms with Crippen molar-refractivity contribution >= 4 is 5.97 Å². The van der Waals surface area contributed by atoms with E-state index in [0.717, 1.165) is 16.7 Å². The third-order valence-corrected chi connectivity index (χ3v) is 3.47. The number of aryl methyl sites for hydroxylation is 1. The molecule has 0 radical (unpaired) electrons. The predicted molar refractivity (Wildman–Crippen MR) is 85.1 cm³/mol. The fraction of sp³-hybridized carbons (Fsp3) is 0.167. The Morgan fingerprint density at radius 1 is 1.17 bits per heavy atom. The molecule has 116 valence electrons. The third kappa shape index (κ3) is 3.45. The number of methoxy groups -OCH3 is 1. The van der Waals surface area contributed by atoms with E-state index < -0.39 is 0 Å². The molecule has 0 aliphatic rings. The van der Waals surface area contributed by atoms with Gasteiger partial charge in [-0.05, 0) is 36.8 Å². The zero-order valence-electron chi connectivity index (χ0n) is 12.9. The zero-order chi connectivity index (χ0) is 16.2. The Kier molecular flexibility index (Phi) is 4.19. The molecule has 0 aliphatic carbocycles. The average Bonchev–Trinajstić information content (AvgIpc) is 3.03. The first-order chi connectivity index (χ1) is 11.2. The van der Waals surface area contributed by atoms with E-state index in [0.29, 0.717) is 23.7 Å². The van der Waals surface area contributed by atoms with Crippen LogP contribution in [-0.2, 0) is 11.2 Å². The number of hydrogen-bond donors (Lipinski definition) is 0. The second-order valence-corrected chi connectivity index (χ2v) is 5.25. The molecule has 0 saturated heterocycles. The van der Waals surface area contributed by atoms with Crippen molar-refractivity contribution in [2.45, 2.75) is 13.3 Å². The molecule has 0 N–H and O–H groups in total. The van der Waals surface area contributed by atoms with E-state index in [2.05, 4.69) is 14.9 Å². The average molecular weight is 308 g/mol. The van der Waals surface area contributed by atoms with Gasteiger partial charge in [-0.2, -0.15) is 4.98 Å². The van der Waals surface area contributed by atoms with Gasteiger partial charge in [0.2, 0.25) is 0 Å². The van der Waals surface area contributed by atoms with Crippen LogP contribution in [0.15, 0.2) is 53.1 Å². The van der Waals surface area contributed by atoms with Crippen LogP contribution in [0.25, 0.3) is 11.5 Å². The van der Waals surface area contributed by atoms with E-state index >= 15 is 0 Å². The third-order valence-electron chi connectivity index (χ3n) is 3.47. The lowest BCUT2D eigenvalue weighted by Crippen LogP contribution is -2.01. The van der Waals surface area contributed by atoms with Crippen LogP contribution in [0.1, 0.15) is 27.3 Å². The van der Waals surface area contributed by atoms with Crippen LogP contribution < -0.4 is 0 Å². The number of benzene rings is 2. The Bertz CT molecular complexity index is 822. The smallest absolute Gasteiger partial charge is 0.337 e. The number of aromatic nitrogens is 2. The monoisotopic (exact) mass is 308 g/mol. The molecule has 0 spiro atoms. The molecule has 0 saturated carbocycles. The van der Waals surface area contributed by atoms with Gasteiger partial charge in [-0.3, -0.25) is 0 Å². The standard InChI is InChI=1S/C18H16N2O3/c1-12-4-3-5-15(10-12)17-19-16(20-23-17)11-13-6-8-14(9-7-13)18(21)22-2/h3-10H,11H2,1-2H3. The molecule has 0 amide bonds. The molecule has 5 nitrogen and oxygen atoms in total. The maximum atomic E-state index is 11.4. The first-order valence-electron chi connectivity index (χ1n) is 7.22. The highest BCUT2D eigenvalue weighted by molar-refractivity contribution is 5.89. The van der Waals surface area contributed by atoms with Gasteiger partial charge in [0.1, 0.15) is 0 Å². The minimum absolute atomic E-state index is 0.349. The summed E-state index contributed by atoms with van der Waals surface area (Å²) in [5, 5.41) is 4.01. The number of rotatable bonds is 4. The van der Waals surface area contributed by atoms with Gasteiger partial charge in [0.25, 0.3) is 5.89 Å². The first-order valence-corrected chi connectivity index (χ1v) is 7.22. The Hall–Kier alpha value is -2.95. The van der Waals surface area contributed by atoms with Gasteiger partial charge in [0.15, 0.2) is 5.82 Å². The van der Waals surface area contributed by atoms with Crippen LogP contribution in [0.5, 0.6) is 0 Å². The van der Waals surface area contributed by atoms with Crippen LogP contribution in [-0.4, -0.2) is 23.2 Å². The van der Waals surface area contributed by atoms with Gasteiger partial charge in [0.05, 0.1) is 12.7 Å². The molecule has 1 heterocycles. The molecule has 0 unspecified atom stereocenters. The van der Waals surface area contributed by atoms with Crippen molar-refractivity contribution in [1.29, 1.82) is 0 Å². The maximum Gasteiger partial charge on any atom is 0.337 e. The fourth-order valence-electron chi connectivity index (χ4n) is 2.28.